The zero-order valence-corrected chi connectivity index (χ0v) is 10.4. The first-order valence-corrected chi connectivity index (χ1v) is 5.53. The van der Waals surface area contributed by atoms with Gasteiger partial charge in [0, 0.05) is 12.1 Å². The maximum absolute atomic E-state index is 8.54. The van der Waals surface area contributed by atoms with Crippen LogP contribution in [-0.2, 0) is 4.74 Å². The molecule has 94 valence electrons. The van der Waals surface area contributed by atoms with Crippen LogP contribution in [0.15, 0.2) is 17.3 Å². The highest BCUT2D eigenvalue weighted by atomic mass is 16.5. The minimum Gasteiger partial charge on any atom is -0.394 e. The average molecular weight is 229 g/mol. The number of nitrogens with zero attached hydrogens (tertiary/aromatic N) is 2. The molecule has 0 aromatic rings. The number of aliphatic hydroxyl groups is 1. The molecule has 0 aliphatic carbocycles. The van der Waals surface area contributed by atoms with Crippen LogP contribution in [0, 0.1) is 5.92 Å². The quantitative estimate of drug-likeness (QED) is 0.222. The predicted octanol–water partition coefficient (Wildman–Crippen LogP) is 0.759. The Morgan fingerprint density at radius 3 is 2.69 bits per heavy atom. The van der Waals surface area contributed by atoms with Gasteiger partial charge in [-0.1, -0.05) is 19.9 Å². The van der Waals surface area contributed by atoms with E-state index < -0.39 is 0 Å². The van der Waals surface area contributed by atoms with Crippen LogP contribution in [0.4, 0.5) is 0 Å². The van der Waals surface area contributed by atoms with Gasteiger partial charge < -0.3 is 9.84 Å². The first-order valence-electron chi connectivity index (χ1n) is 5.53. The van der Waals surface area contributed by atoms with Gasteiger partial charge in [-0.25, -0.2) is 10.8 Å². The van der Waals surface area contributed by atoms with E-state index in [0.717, 1.165) is 5.84 Å². The van der Waals surface area contributed by atoms with Crippen molar-refractivity contribution >= 4 is 5.84 Å². The van der Waals surface area contributed by atoms with Gasteiger partial charge in [-0.05, 0) is 6.92 Å². The van der Waals surface area contributed by atoms with Gasteiger partial charge in [0.1, 0.15) is 5.84 Å². The van der Waals surface area contributed by atoms with Crippen LogP contribution in [0.2, 0.25) is 0 Å². The molecule has 0 bridgehead atoms. The monoisotopic (exact) mass is 229 g/mol. The number of allylic oxidation sites excluding steroid dienone is 1. The average Bonchev–Trinajstić information content (AvgIpc) is 2.24. The Hall–Kier alpha value is -0.910. The van der Waals surface area contributed by atoms with Gasteiger partial charge in [0.2, 0.25) is 0 Å². The van der Waals surface area contributed by atoms with Gasteiger partial charge in [0.25, 0.3) is 0 Å². The summed E-state index contributed by atoms with van der Waals surface area (Å²) < 4.78 is 5.14. The zero-order chi connectivity index (χ0) is 12.4. The Kier molecular flexibility index (Phi) is 8.80. The first kappa shape index (κ1) is 15.1. The minimum atomic E-state index is 0.0360. The lowest BCUT2D eigenvalue weighted by Crippen LogP contribution is -2.42. The Morgan fingerprint density at radius 1 is 1.50 bits per heavy atom. The van der Waals surface area contributed by atoms with Crippen molar-refractivity contribution in [3.05, 3.63) is 12.3 Å². The molecular weight excluding hydrogens is 206 g/mol. The molecule has 0 fully saturated rings. The number of hydrogen-bond donors (Lipinski definition) is 2. The fourth-order valence-corrected chi connectivity index (χ4v) is 1.15. The van der Waals surface area contributed by atoms with Crippen LogP contribution >= 0.6 is 0 Å². The molecule has 0 rings (SSSR count). The normalized spacial score (nSPS) is 12.8. The third kappa shape index (κ3) is 6.55. The summed E-state index contributed by atoms with van der Waals surface area (Å²) in [5.41, 5.74) is 0. The van der Waals surface area contributed by atoms with Crippen LogP contribution in [0.3, 0.4) is 0 Å². The van der Waals surface area contributed by atoms with Crippen molar-refractivity contribution in [3.8, 4) is 0 Å². The number of aliphatic hydroxyl groups excluding tert-OH is 1. The number of rotatable bonds is 7. The van der Waals surface area contributed by atoms with Crippen molar-refractivity contribution in [2.24, 2.45) is 16.8 Å². The third-order valence-electron chi connectivity index (χ3n) is 1.88. The topological polar surface area (TPSA) is 71.1 Å². The lowest BCUT2D eigenvalue weighted by atomic mass is 10.2. The van der Waals surface area contributed by atoms with Gasteiger partial charge in [-0.3, -0.25) is 5.01 Å². The van der Waals surface area contributed by atoms with E-state index >= 15 is 0 Å². The molecule has 0 amide bonds. The van der Waals surface area contributed by atoms with Crippen molar-refractivity contribution in [1.29, 1.82) is 0 Å². The molecule has 0 saturated heterocycles. The van der Waals surface area contributed by atoms with Crippen molar-refractivity contribution < 1.29 is 9.84 Å². The lowest BCUT2D eigenvalue weighted by molar-refractivity contribution is 0.0836. The molecule has 5 nitrogen and oxygen atoms in total. The van der Waals surface area contributed by atoms with Gasteiger partial charge in [-0.15, -0.1) is 0 Å². The maximum atomic E-state index is 8.54. The summed E-state index contributed by atoms with van der Waals surface area (Å²) in [5, 5.41) is 10.1. The summed E-state index contributed by atoms with van der Waals surface area (Å²) in [5.74, 6) is 6.96. The number of ether oxygens (including phenoxy) is 1. The number of nitrogens with two attached hydrogens (primary N) is 1. The Labute approximate surface area is 97.6 Å². The molecule has 0 aliphatic rings. The van der Waals surface area contributed by atoms with Crippen molar-refractivity contribution in [2.75, 3.05) is 26.4 Å². The van der Waals surface area contributed by atoms with Crippen molar-refractivity contribution in [3.63, 3.8) is 0 Å². The molecule has 0 heterocycles. The van der Waals surface area contributed by atoms with Crippen molar-refractivity contribution in [2.45, 2.75) is 20.8 Å². The molecule has 5 heteroatoms. The smallest absolute Gasteiger partial charge is 0.121 e. The Bertz CT molecular complexity index is 227. The van der Waals surface area contributed by atoms with Crippen LogP contribution in [0.5, 0.6) is 0 Å². The molecule has 0 aliphatic heterocycles. The highest BCUT2D eigenvalue weighted by molar-refractivity contribution is 5.84. The molecular formula is C11H23N3O2. The van der Waals surface area contributed by atoms with E-state index in [1.165, 1.54) is 0 Å². The fraction of sp³-hybridized carbons (Fsp3) is 0.727. The largest absolute Gasteiger partial charge is 0.394 e. The third-order valence-corrected chi connectivity index (χ3v) is 1.88. The molecule has 16 heavy (non-hydrogen) atoms. The molecule has 0 unspecified atom stereocenters. The predicted molar refractivity (Wildman–Crippen MR) is 65.9 cm³/mol. The molecule has 0 radical (unpaired) electrons. The van der Waals surface area contributed by atoms with E-state index in [1.54, 1.807) is 11.2 Å². The second kappa shape index (κ2) is 9.33. The lowest BCUT2D eigenvalue weighted by Gasteiger charge is -2.22. The van der Waals surface area contributed by atoms with Gasteiger partial charge in [0.05, 0.1) is 26.4 Å². The summed E-state index contributed by atoms with van der Waals surface area (Å²) in [6.07, 6.45) is 3.59. The highest BCUT2D eigenvalue weighted by Gasteiger charge is 2.10. The Balaban J connectivity index is 4.12. The SMILES string of the molecule is C/C=C\N=C(C(C)C)N(N)CCOCCO. The van der Waals surface area contributed by atoms with Gasteiger partial charge in [0.15, 0.2) is 0 Å². The summed E-state index contributed by atoms with van der Waals surface area (Å²) in [6.45, 7) is 7.42. The second-order valence-corrected chi connectivity index (χ2v) is 3.65. The fourth-order valence-electron chi connectivity index (χ4n) is 1.15. The van der Waals surface area contributed by atoms with E-state index in [2.05, 4.69) is 4.99 Å². The summed E-state index contributed by atoms with van der Waals surface area (Å²) in [4.78, 5) is 4.27. The van der Waals surface area contributed by atoms with Gasteiger partial charge in [-0.2, -0.15) is 0 Å². The molecule has 0 aromatic carbocycles. The van der Waals surface area contributed by atoms with Crippen LogP contribution in [0.25, 0.3) is 0 Å². The number of hydrogen-bond acceptors (Lipinski definition) is 4. The molecule has 0 saturated carbocycles. The van der Waals surface area contributed by atoms with E-state index in [9.17, 15) is 0 Å². The molecule has 0 aromatic heterocycles. The number of aliphatic imine (C=N–C) groups is 1. The van der Waals surface area contributed by atoms with E-state index in [1.807, 2.05) is 26.8 Å². The minimum absolute atomic E-state index is 0.0360. The Morgan fingerprint density at radius 2 is 2.19 bits per heavy atom. The van der Waals surface area contributed by atoms with Crippen LogP contribution < -0.4 is 5.84 Å². The van der Waals surface area contributed by atoms with E-state index in [0.29, 0.717) is 19.8 Å². The molecule has 3 N–H and O–H groups in total. The maximum Gasteiger partial charge on any atom is 0.121 e. The summed E-state index contributed by atoms with van der Waals surface area (Å²) in [6, 6.07) is 0. The van der Waals surface area contributed by atoms with Crippen molar-refractivity contribution in [1.82, 2.24) is 5.01 Å². The summed E-state index contributed by atoms with van der Waals surface area (Å²) in [7, 11) is 0. The van der Waals surface area contributed by atoms with Crippen LogP contribution in [0.1, 0.15) is 20.8 Å². The molecule has 0 spiro atoms. The summed E-state index contributed by atoms with van der Waals surface area (Å²) >= 11 is 0. The second-order valence-electron chi connectivity index (χ2n) is 3.65. The first-order chi connectivity index (χ1) is 7.63. The van der Waals surface area contributed by atoms with Gasteiger partial charge >= 0.3 is 0 Å². The van der Waals surface area contributed by atoms with Crippen LogP contribution in [-0.4, -0.2) is 42.3 Å². The van der Waals surface area contributed by atoms with E-state index in [-0.39, 0.29) is 12.5 Å². The molecule has 0 atom stereocenters. The standard InChI is InChI=1S/C11H23N3O2/c1-4-5-13-11(10(2)3)14(12)6-8-16-9-7-15/h4-5,10,15H,6-9,12H2,1-3H3/b5-4-,13-11?. The zero-order valence-electron chi connectivity index (χ0n) is 10.4. The van der Waals surface area contributed by atoms with E-state index in [4.69, 9.17) is 15.7 Å². The number of hydrazine groups is 1. The number of amidine groups is 1. The highest BCUT2D eigenvalue weighted by Crippen LogP contribution is 2.01.